The van der Waals surface area contributed by atoms with Crippen LogP contribution in [0.4, 0.5) is 4.79 Å². The molecule has 0 radical (unpaired) electrons. The molecular formula is C21H31BrN4O3. The minimum absolute atomic E-state index is 0.231. The number of ether oxygens (including phenoxy) is 1. The number of fused-ring (bicyclic) bond motifs is 1. The lowest BCUT2D eigenvalue weighted by Gasteiger charge is -2.23. The van der Waals surface area contributed by atoms with Gasteiger partial charge in [0, 0.05) is 29.8 Å². The van der Waals surface area contributed by atoms with Crippen molar-refractivity contribution in [2.24, 2.45) is 0 Å². The van der Waals surface area contributed by atoms with Gasteiger partial charge in [0.25, 0.3) is 0 Å². The molecule has 8 heteroatoms. The van der Waals surface area contributed by atoms with E-state index in [1.165, 1.54) is 0 Å². The summed E-state index contributed by atoms with van der Waals surface area (Å²) in [6, 6.07) is 3.05. The van der Waals surface area contributed by atoms with Crippen LogP contribution in [0.5, 0.6) is 0 Å². The van der Waals surface area contributed by atoms with Crippen LogP contribution in [0, 0.1) is 0 Å². The van der Waals surface area contributed by atoms with Crippen LogP contribution < -0.4 is 10.6 Å². The average Bonchev–Trinajstić information content (AvgIpc) is 3.00. The lowest BCUT2D eigenvalue weighted by atomic mass is 10.1. The summed E-state index contributed by atoms with van der Waals surface area (Å²) in [7, 11) is 0. The number of hydrogen-bond donors (Lipinski definition) is 2. The molecule has 29 heavy (non-hydrogen) atoms. The monoisotopic (exact) mass is 466 g/mol. The minimum atomic E-state index is -0.760. The average molecular weight is 467 g/mol. The molecule has 0 aliphatic rings. The van der Waals surface area contributed by atoms with Crippen LogP contribution in [0.2, 0.25) is 0 Å². The first-order valence-corrected chi connectivity index (χ1v) is 10.9. The third kappa shape index (κ3) is 8.04. The summed E-state index contributed by atoms with van der Waals surface area (Å²) in [5.74, 6) is -0.231. The number of aromatic nitrogens is 2. The van der Waals surface area contributed by atoms with E-state index in [1.54, 1.807) is 20.8 Å². The van der Waals surface area contributed by atoms with Crippen molar-refractivity contribution in [3.05, 3.63) is 34.7 Å². The number of rotatable bonds is 9. The summed E-state index contributed by atoms with van der Waals surface area (Å²) in [6.07, 6.45) is 7.69. The van der Waals surface area contributed by atoms with Crippen molar-refractivity contribution in [3.8, 4) is 0 Å². The van der Waals surface area contributed by atoms with Gasteiger partial charge in [0.2, 0.25) is 5.91 Å². The second kappa shape index (κ2) is 10.6. The van der Waals surface area contributed by atoms with Crippen LogP contribution in [0.3, 0.4) is 0 Å². The number of nitrogens with zero attached hydrogens (tertiary/aromatic N) is 2. The lowest BCUT2D eigenvalue weighted by molar-refractivity contribution is -0.123. The molecule has 1 atom stereocenters. The van der Waals surface area contributed by atoms with Gasteiger partial charge >= 0.3 is 6.09 Å². The molecule has 2 aromatic rings. The standard InChI is InChI=1S/C21H31BrN4O3/c1-5-6-7-8-10-23-19(27)17(25-20(28)29-21(2,3)4)13-16-14-26-11-9-15(22)12-18(26)24-16/h9,11-12,14,17H,5-8,10,13H2,1-4H3,(H,23,27)(H,25,28)/t17-/m0/s1. The van der Waals surface area contributed by atoms with E-state index in [2.05, 4.69) is 38.5 Å². The van der Waals surface area contributed by atoms with Gasteiger partial charge in [-0.05, 0) is 39.3 Å². The summed E-state index contributed by atoms with van der Waals surface area (Å²) >= 11 is 3.43. The number of amides is 2. The fraction of sp³-hybridized carbons (Fsp3) is 0.571. The fourth-order valence-corrected chi connectivity index (χ4v) is 3.19. The lowest BCUT2D eigenvalue weighted by Crippen LogP contribution is -2.49. The smallest absolute Gasteiger partial charge is 0.408 e. The number of alkyl carbamates (subject to hydrolysis) is 1. The highest BCUT2D eigenvalue weighted by Gasteiger charge is 2.25. The quantitative estimate of drug-likeness (QED) is 0.541. The summed E-state index contributed by atoms with van der Waals surface area (Å²) in [5, 5.41) is 5.62. The molecule has 0 unspecified atom stereocenters. The molecule has 0 aliphatic carbocycles. The molecule has 0 fully saturated rings. The molecule has 160 valence electrons. The number of unbranched alkanes of at least 4 members (excludes halogenated alkanes) is 3. The molecule has 2 N–H and O–H groups in total. The van der Waals surface area contributed by atoms with Gasteiger partial charge in [-0.15, -0.1) is 0 Å². The van der Waals surface area contributed by atoms with Crippen LogP contribution in [-0.4, -0.2) is 39.6 Å². The summed E-state index contributed by atoms with van der Waals surface area (Å²) < 4.78 is 8.13. The van der Waals surface area contributed by atoms with E-state index >= 15 is 0 Å². The summed E-state index contributed by atoms with van der Waals surface area (Å²) in [5.41, 5.74) is 0.844. The van der Waals surface area contributed by atoms with Crippen molar-refractivity contribution in [1.29, 1.82) is 0 Å². The molecule has 2 rings (SSSR count). The van der Waals surface area contributed by atoms with Gasteiger partial charge in [0.15, 0.2) is 0 Å². The van der Waals surface area contributed by atoms with Gasteiger partial charge in [0.1, 0.15) is 17.3 Å². The molecule has 0 saturated heterocycles. The zero-order valence-electron chi connectivity index (χ0n) is 17.6. The van der Waals surface area contributed by atoms with Crippen molar-refractivity contribution in [3.63, 3.8) is 0 Å². The normalized spacial score (nSPS) is 12.6. The third-order valence-corrected chi connectivity index (χ3v) is 4.72. The Balaban J connectivity index is 2.07. The Morgan fingerprint density at radius 3 is 2.72 bits per heavy atom. The van der Waals surface area contributed by atoms with Crippen LogP contribution >= 0.6 is 15.9 Å². The number of halogens is 1. The number of nitrogens with one attached hydrogen (secondary N) is 2. The van der Waals surface area contributed by atoms with Gasteiger partial charge in [0.05, 0.1) is 5.69 Å². The van der Waals surface area contributed by atoms with Crippen LogP contribution in [0.1, 0.15) is 59.1 Å². The Kier molecular flexibility index (Phi) is 8.49. The number of hydrogen-bond acceptors (Lipinski definition) is 4. The fourth-order valence-electron chi connectivity index (χ4n) is 2.86. The SMILES string of the molecule is CCCCCCNC(=O)[C@H](Cc1cn2ccc(Br)cc2n1)NC(=O)OC(C)(C)C. The van der Waals surface area contributed by atoms with Crippen molar-refractivity contribution in [2.75, 3.05) is 6.54 Å². The van der Waals surface area contributed by atoms with E-state index in [0.29, 0.717) is 12.2 Å². The van der Waals surface area contributed by atoms with Crippen molar-refractivity contribution < 1.29 is 14.3 Å². The van der Waals surface area contributed by atoms with Gasteiger partial charge in [-0.3, -0.25) is 4.79 Å². The Morgan fingerprint density at radius 2 is 2.03 bits per heavy atom. The van der Waals surface area contributed by atoms with E-state index in [9.17, 15) is 9.59 Å². The number of pyridine rings is 1. The van der Waals surface area contributed by atoms with E-state index in [-0.39, 0.29) is 12.3 Å². The molecule has 2 heterocycles. The highest BCUT2D eigenvalue weighted by Crippen LogP contribution is 2.14. The highest BCUT2D eigenvalue weighted by molar-refractivity contribution is 9.10. The Morgan fingerprint density at radius 1 is 1.28 bits per heavy atom. The van der Waals surface area contributed by atoms with Gasteiger partial charge < -0.3 is 19.8 Å². The maximum Gasteiger partial charge on any atom is 0.408 e. The first-order valence-electron chi connectivity index (χ1n) is 10.1. The van der Waals surface area contributed by atoms with Crippen molar-refractivity contribution >= 4 is 33.6 Å². The number of imidazole rings is 1. The number of carbonyl (C=O) groups excluding carboxylic acids is 2. The first-order chi connectivity index (χ1) is 13.7. The van der Waals surface area contributed by atoms with E-state index in [0.717, 1.165) is 35.8 Å². The Hall–Kier alpha value is -2.09. The van der Waals surface area contributed by atoms with Gasteiger partial charge in [-0.25, -0.2) is 9.78 Å². The summed E-state index contributed by atoms with van der Waals surface area (Å²) in [6.45, 7) is 8.09. The third-order valence-electron chi connectivity index (χ3n) is 4.22. The van der Waals surface area contributed by atoms with Crippen molar-refractivity contribution in [2.45, 2.75) is 71.4 Å². The molecule has 7 nitrogen and oxygen atoms in total. The summed E-state index contributed by atoms with van der Waals surface area (Å²) in [4.78, 5) is 29.5. The van der Waals surface area contributed by atoms with Crippen LogP contribution in [-0.2, 0) is 16.0 Å². The molecule has 2 amide bonds. The van der Waals surface area contributed by atoms with E-state index < -0.39 is 17.7 Å². The van der Waals surface area contributed by atoms with Gasteiger partial charge in [-0.2, -0.15) is 0 Å². The maximum absolute atomic E-state index is 12.7. The largest absolute Gasteiger partial charge is 0.444 e. The van der Waals surface area contributed by atoms with E-state index in [1.807, 2.05) is 28.9 Å². The molecule has 0 aromatic carbocycles. The first kappa shape index (κ1) is 23.2. The zero-order chi connectivity index (χ0) is 21.4. The van der Waals surface area contributed by atoms with Gasteiger partial charge in [-0.1, -0.05) is 42.1 Å². The second-order valence-electron chi connectivity index (χ2n) is 8.10. The number of carbonyl (C=O) groups is 2. The Bertz CT molecular complexity index is 829. The molecule has 2 aromatic heterocycles. The maximum atomic E-state index is 12.7. The highest BCUT2D eigenvalue weighted by atomic mass is 79.9. The van der Waals surface area contributed by atoms with Crippen LogP contribution in [0.15, 0.2) is 29.0 Å². The molecule has 0 aliphatic heterocycles. The molecular weight excluding hydrogens is 436 g/mol. The Labute approximate surface area is 180 Å². The van der Waals surface area contributed by atoms with Crippen molar-refractivity contribution in [1.82, 2.24) is 20.0 Å². The zero-order valence-corrected chi connectivity index (χ0v) is 19.2. The predicted octanol–water partition coefficient (Wildman–Crippen LogP) is 4.23. The topological polar surface area (TPSA) is 84.7 Å². The van der Waals surface area contributed by atoms with Crippen LogP contribution in [0.25, 0.3) is 5.65 Å². The van der Waals surface area contributed by atoms with E-state index in [4.69, 9.17) is 4.74 Å². The minimum Gasteiger partial charge on any atom is -0.444 e. The second-order valence-corrected chi connectivity index (χ2v) is 9.01. The molecule has 0 bridgehead atoms. The molecule has 0 spiro atoms. The molecule has 0 saturated carbocycles. The predicted molar refractivity (Wildman–Crippen MR) is 117 cm³/mol.